The maximum Gasteiger partial charge on any atom is 0.335 e. The summed E-state index contributed by atoms with van der Waals surface area (Å²) in [6.07, 6.45) is 3.17. The van der Waals surface area contributed by atoms with Crippen molar-refractivity contribution in [2.75, 3.05) is 13.2 Å². The number of aryl methyl sites for hydroxylation is 1. The third-order valence-corrected chi connectivity index (χ3v) is 3.21. The Morgan fingerprint density at radius 3 is 3.10 bits per heavy atom. The molecule has 2 unspecified atom stereocenters. The van der Waals surface area contributed by atoms with Gasteiger partial charge in [-0.25, -0.2) is 4.79 Å². The van der Waals surface area contributed by atoms with Crippen LogP contribution in [0.1, 0.15) is 44.8 Å². The zero-order chi connectivity index (χ0) is 15.1. The molecule has 0 N–H and O–H groups in total. The minimum Gasteiger partial charge on any atom is -0.454 e. The molecule has 2 heterocycles. The van der Waals surface area contributed by atoms with Gasteiger partial charge in [-0.3, -0.25) is 0 Å². The molecule has 118 valence electrons. The van der Waals surface area contributed by atoms with Crippen LogP contribution in [-0.4, -0.2) is 41.5 Å². The van der Waals surface area contributed by atoms with Gasteiger partial charge in [0.1, 0.15) is 0 Å². The molecule has 1 aliphatic heterocycles. The highest BCUT2D eigenvalue weighted by atomic mass is 16.6. The van der Waals surface area contributed by atoms with Crippen molar-refractivity contribution in [2.45, 2.75) is 58.3 Å². The van der Waals surface area contributed by atoms with Crippen molar-refractivity contribution >= 4 is 5.97 Å². The third-order valence-electron chi connectivity index (χ3n) is 3.21. The number of esters is 1. The molecule has 7 nitrogen and oxygen atoms in total. The highest BCUT2D eigenvalue weighted by Gasteiger charge is 2.21. The predicted molar refractivity (Wildman–Crippen MR) is 72.5 cm³/mol. The van der Waals surface area contributed by atoms with Crippen molar-refractivity contribution in [1.29, 1.82) is 0 Å². The quantitative estimate of drug-likeness (QED) is 0.675. The topological polar surface area (TPSA) is 83.7 Å². The number of ether oxygens (including phenoxy) is 3. The van der Waals surface area contributed by atoms with Crippen LogP contribution in [0.2, 0.25) is 0 Å². The van der Waals surface area contributed by atoms with Crippen LogP contribution >= 0.6 is 0 Å². The molecule has 0 bridgehead atoms. The Bertz CT molecular complexity index is 442. The summed E-state index contributed by atoms with van der Waals surface area (Å²) in [4.78, 5) is 15.9. The SMILES string of the molecule is CCCc1noc(COC(=O)C(C)OCC2CCCO2)n1. The fourth-order valence-corrected chi connectivity index (χ4v) is 2.02. The van der Waals surface area contributed by atoms with Gasteiger partial charge in [0.2, 0.25) is 0 Å². The van der Waals surface area contributed by atoms with E-state index < -0.39 is 12.1 Å². The Balaban J connectivity index is 1.67. The largest absolute Gasteiger partial charge is 0.454 e. The van der Waals surface area contributed by atoms with Crippen LogP contribution in [-0.2, 0) is 32.0 Å². The lowest BCUT2D eigenvalue weighted by Crippen LogP contribution is -2.27. The molecule has 0 aliphatic carbocycles. The first-order chi connectivity index (χ1) is 10.2. The zero-order valence-electron chi connectivity index (χ0n) is 12.5. The number of carbonyl (C=O) groups excluding carboxylic acids is 1. The first kappa shape index (κ1) is 15.9. The number of rotatable bonds is 8. The Hall–Kier alpha value is -1.47. The number of aromatic nitrogens is 2. The Kier molecular flexibility index (Phi) is 6.13. The van der Waals surface area contributed by atoms with Crippen molar-refractivity contribution < 1.29 is 23.5 Å². The number of hydrogen-bond acceptors (Lipinski definition) is 7. The van der Waals surface area contributed by atoms with E-state index in [-0.39, 0.29) is 12.7 Å². The fraction of sp³-hybridized carbons (Fsp3) is 0.786. The van der Waals surface area contributed by atoms with Gasteiger partial charge in [-0.2, -0.15) is 4.98 Å². The molecule has 1 aromatic heterocycles. The van der Waals surface area contributed by atoms with Crippen LogP contribution in [0, 0.1) is 0 Å². The molecular weight excluding hydrogens is 276 g/mol. The van der Waals surface area contributed by atoms with Crippen molar-refractivity contribution in [1.82, 2.24) is 10.1 Å². The molecule has 0 amide bonds. The lowest BCUT2D eigenvalue weighted by molar-refractivity contribution is -0.160. The average Bonchev–Trinajstić information content (AvgIpc) is 3.14. The van der Waals surface area contributed by atoms with Crippen LogP contribution in [0.3, 0.4) is 0 Å². The highest BCUT2D eigenvalue weighted by Crippen LogP contribution is 2.13. The molecule has 1 aliphatic rings. The fourth-order valence-electron chi connectivity index (χ4n) is 2.02. The smallest absolute Gasteiger partial charge is 0.335 e. The highest BCUT2D eigenvalue weighted by molar-refractivity contribution is 5.74. The summed E-state index contributed by atoms with van der Waals surface area (Å²) in [5.74, 6) is 0.493. The molecule has 0 spiro atoms. The van der Waals surface area contributed by atoms with Crippen molar-refractivity contribution in [3.8, 4) is 0 Å². The van der Waals surface area contributed by atoms with Gasteiger partial charge in [-0.1, -0.05) is 12.1 Å². The van der Waals surface area contributed by atoms with E-state index in [0.717, 1.165) is 32.3 Å². The zero-order valence-corrected chi connectivity index (χ0v) is 12.5. The number of hydrogen-bond donors (Lipinski definition) is 0. The van der Waals surface area contributed by atoms with Gasteiger partial charge in [-0.15, -0.1) is 0 Å². The van der Waals surface area contributed by atoms with Crippen molar-refractivity contribution in [2.24, 2.45) is 0 Å². The summed E-state index contributed by atoms with van der Waals surface area (Å²) in [5, 5.41) is 3.79. The van der Waals surface area contributed by atoms with Crippen LogP contribution in [0.25, 0.3) is 0 Å². The normalized spacial score (nSPS) is 19.6. The van der Waals surface area contributed by atoms with Gasteiger partial charge < -0.3 is 18.7 Å². The molecule has 2 atom stereocenters. The summed E-state index contributed by atoms with van der Waals surface area (Å²) in [6, 6.07) is 0. The van der Waals surface area contributed by atoms with E-state index in [1.165, 1.54) is 0 Å². The molecule has 0 saturated carbocycles. The first-order valence-corrected chi connectivity index (χ1v) is 7.40. The molecule has 7 heteroatoms. The summed E-state index contributed by atoms with van der Waals surface area (Å²) >= 11 is 0. The van der Waals surface area contributed by atoms with Gasteiger partial charge in [-0.05, 0) is 26.2 Å². The second-order valence-corrected chi connectivity index (χ2v) is 5.07. The molecule has 0 aromatic carbocycles. The molecule has 1 fully saturated rings. The van der Waals surface area contributed by atoms with Gasteiger partial charge in [0.15, 0.2) is 18.5 Å². The van der Waals surface area contributed by atoms with E-state index >= 15 is 0 Å². The van der Waals surface area contributed by atoms with Gasteiger partial charge in [0.25, 0.3) is 5.89 Å². The standard InChI is InChI=1S/C14H22N2O5/c1-3-5-12-15-13(21-16-12)9-20-14(17)10(2)19-8-11-6-4-7-18-11/h10-11H,3-9H2,1-2H3. The Labute approximate surface area is 123 Å². The van der Waals surface area contributed by atoms with Gasteiger partial charge in [0.05, 0.1) is 12.7 Å². The molecular formula is C14H22N2O5. The lowest BCUT2D eigenvalue weighted by Gasteiger charge is -2.14. The second kappa shape index (κ2) is 8.09. The van der Waals surface area contributed by atoms with Crippen LogP contribution in [0.15, 0.2) is 4.52 Å². The molecule has 21 heavy (non-hydrogen) atoms. The summed E-state index contributed by atoms with van der Waals surface area (Å²) in [7, 11) is 0. The predicted octanol–water partition coefficient (Wildman–Crippen LogP) is 1.65. The van der Waals surface area contributed by atoms with E-state index in [9.17, 15) is 4.79 Å². The van der Waals surface area contributed by atoms with Gasteiger partial charge >= 0.3 is 5.97 Å². The third kappa shape index (κ3) is 5.09. The maximum absolute atomic E-state index is 11.8. The second-order valence-electron chi connectivity index (χ2n) is 5.07. The summed E-state index contributed by atoms with van der Waals surface area (Å²) in [5.41, 5.74) is 0. The number of carbonyl (C=O) groups is 1. The van der Waals surface area contributed by atoms with E-state index in [4.69, 9.17) is 18.7 Å². The van der Waals surface area contributed by atoms with Crippen molar-refractivity contribution in [3.05, 3.63) is 11.7 Å². The minimum atomic E-state index is -0.632. The molecule has 1 saturated heterocycles. The average molecular weight is 298 g/mol. The van der Waals surface area contributed by atoms with Crippen molar-refractivity contribution in [3.63, 3.8) is 0 Å². The first-order valence-electron chi connectivity index (χ1n) is 7.40. The minimum absolute atomic E-state index is 0.0246. The summed E-state index contributed by atoms with van der Waals surface area (Å²) < 4.78 is 21.0. The van der Waals surface area contributed by atoms with Crippen LogP contribution in [0.4, 0.5) is 0 Å². The monoisotopic (exact) mass is 298 g/mol. The lowest BCUT2D eigenvalue weighted by atomic mass is 10.2. The van der Waals surface area contributed by atoms with E-state index in [0.29, 0.717) is 18.3 Å². The van der Waals surface area contributed by atoms with Gasteiger partial charge in [0, 0.05) is 13.0 Å². The molecule has 2 rings (SSSR count). The van der Waals surface area contributed by atoms with Crippen LogP contribution in [0.5, 0.6) is 0 Å². The van der Waals surface area contributed by atoms with E-state index in [1.807, 2.05) is 6.92 Å². The molecule has 1 aromatic rings. The molecule has 0 radical (unpaired) electrons. The Morgan fingerprint density at radius 1 is 1.52 bits per heavy atom. The van der Waals surface area contributed by atoms with Crippen LogP contribution < -0.4 is 0 Å². The van der Waals surface area contributed by atoms with E-state index in [2.05, 4.69) is 10.1 Å². The summed E-state index contributed by atoms with van der Waals surface area (Å²) in [6.45, 7) is 4.85. The number of nitrogens with zero attached hydrogens (tertiary/aromatic N) is 2. The maximum atomic E-state index is 11.8. The Morgan fingerprint density at radius 2 is 2.38 bits per heavy atom. The van der Waals surface area contributed by atoms with E-state index in [1.54, 1.807) is 6.92 Å².